The number of nitrogens with zero attached hydrogens (tertiary/aromatic N) is 1. The number of nitrogens with one attached hydrogen (secondary N) is 1. The summed E-state index contributed by atoms with van der Waals surface area (Å²) in [7, 11) is 0. The number of hydrogen-bond acceptors (Lipinski definition) is 2. The molecule has 0 unspecified atom stereocenters. The summed E-state index contributed by atoms with van der Waals surface area (Å²) in [6, 6.07) is 0.909. The molecule has 2 aliphatic heterocycles. The van der Waals surface area contributed by atoms with Crippen LogP contribution in [0, 0.1) is 0 Å². The maximum Gasteiger partial charge on any atom is 0.0119 e. The molecule has 0 spiro atoms. The van der Waals surface area contributed by atoms with Crippen LogP contribution in [0.4, 0.5) is 0 Å². The van der Waals surface area contributed by atoms with Crippen molar-refractivity contribution in [3.05, 3.63) is 0 Å². The van der Waals surface area contributed by atoms with Crippen LogP contribution in [0.5, 0.6) is 0 Å². The van der Waals surface area contributed by atoms with Gasteiger partial charge in [-0.05, 0) is 51.9 Å². The fraction of sp³-hybridized carbons (Fsp3) is 1.00. The molecule has 2 rings (SSSR count). The van der Waals surface area contributed by atoms with Crippen molar-refractivity contribution in [2.75, 3.05) is 26.2 Å². The quantitative estimate of drug-likeness (QED) is 0.641. The summed E-state index contributed by atoms with van der Waals surface area (Å²) in [5, 5.41) is 3.43. The largest absolute Gasteiger partial charge is 0.317 e. The van der Waals surface area contributed by atoms with Gasteiger partial charge in [-0.1, -0.05) is 6.42 Å². The van der Waals surface area contributed by atoms with Crippen LogP contribution in [0.2, 0.25) is 0 Å². The zero-order valence-corrected chi connectivity index (χ0v) is 12.0. The molecule has 2 heterocycles. The van der Waals surface area contributed by atoms with E-state index < -0.39 is 0 Å². The molecule has 0 aromatic rings. The van der Waals surface area contributed by atoms with Gasteiger partial charge in [0.1, 0.15) is 0 Å². The average molecular weight is 207 g/mol. The predicted octanol–water partition coefficient (Wildman–Crippen LogP) is 0.843. The first-order valence-electron chi connectivity index (χ1n) is 5.41. The summed E-state index contributed by atoms with van der Waals surface area (Å²) < 4.78 is 0. The first kappa shape index (κ1) is 12.6. The van der Waals surface area contributed by atoms with Crippen molar-refractivity contribution in [1.82, 2.24) is 10.2 Å². The third-order valence-corrected chi connectivity index (χ3v) is 3.22. The van der Waals surface area contributed by atoms with Crippen LogP contribution in [-0.2, 0) is 0 Å². The molecule has 2 aliphatic rings. The van der Waals surface area contributed by atoms with Crippen molar-refractivity contribution in [2.24, 2.45) is 0 Å². The fourth-order valence-corrected chi connectivity index (χ4v) is 2.46. The molecule has 0 bridgehead atoms. The molecular weight excluding hydrogens is 187 g/mol. The van der Waals surface area contributed by atoms with Gasteiger partial charge in [0.05, 0.1) is 0 Å². The van der Waals surface area contributed by atoms with Crippen molar-refractivity contribution in [3.8, 4) is 0 Å². The number of rotatable bonds is 1. The second-order valence-electron chi connectivity index (χ2n) is 4.08. The van der Waals surface area contributed by atoms with Gasteiger partial charge in [-0.25, -0.2) is 0 Å². The summed E-state index contributed by atoms with van der Waals surface area (Å²) in [6.45, 7) is 5.21. The fourth-order valence-electron chi connectivity index (χ4n) is 2.46. The first-order valence-corrected chi connectivity index (χ1v) is 5.41. The molecule has 0 amide bonds. The molecule has 13 heavy (non-hydrogen) atoms. The van der Waals surface area contributed by atoms with E-state index in [2.05, 4.69) is 10.2 Å². The van der Waals surface area contributed by atoms with E-state index in [-0.39, 0.29) is 51.4 Å². The molecule has 2 fully saturated rings. The maximum absolute atomic E-state index is 3.43. The zero-order chi connectivity index (χ0) is 8.23. The molecule has 0 aromatic carbocycles. The van der Waals surface area contributed by atoms with E-state index in [4.69, 9.17) is 0 Å². The second kappa shape index (κ2) is 6.93. The van der Waals surface area contributed by atoms with E-state index in [1.54, 1.807) is 0 Å². The van der Waals surface area contributed by atoms with E-state index >= 15 is 0 Å². The molecule has 3 heteroatoms. The zero-order valence-electron chi connectivity index (χ0n) is 8.89. The molecule has 0 saturated carbocycles. The average Bonchev–Trinajstić information content (AvgIpc) is 2.21. The van der Waals surface area contributed by atoms with Crippen molar-refractivity contribution >= 4 is 51.4 Å². The van der Waals surface area contributed by atoms with Crippen molar-refractivity contribution in [2.45, 2.75) is 38.1 Å². The Bertz CT molecular complexity index is 113. The minimum atomic E-state index is 0. The third-order valence-electron chi connectivity index (χ3n) is 3.22. The Morgan fingerprint density at radius 2 is 1.54 bits per heavy atom. The van der Waals surface area contributed by atoms with E-state index in [9.17, 15) is 0 Å². The Morgan fingerprint density at radius 3 is 2.15 bits per heavy atom. The molecule has 0 atom stereocenters. The molecule has 2 nitrogen and oxygen atoms in total. The Labute approximate surface area is 124 Å². The van der Waals surface area contributed by atoms with E-state index in [1.807, 2.05) is 0 Å². The van der Waals surface area contributed by atoms with Crippen LogP contribution in [0.25, 0.3) is 0 Å². The number of piperidine rings is 2. The van der Waals surface area contributed by atoms with Crippen LogP contribution in [0.15, 0.2) is 0 Å². The molecular formula is C10H20KN2. The molecule has 1 radical (unpaired) electrons. The van der Waals surface area contributed by atoms with E-state index in [1.165, 1.54) is 58.3 Å². The van der Waals surface area contributed by atoms with Gasteiger partial charge < -0.3 is 10.2 Å². The van der Waals surface area contributed by atoms with Crippen LogP contribution >= 0.6 is 0 Å². The monoisotopic (exact) mass is 207 g/mol. The Balaban J connectivity index is 0.000000845. The minimum absolute atomic E-state index is 0. The molecule has 0 aromatic heterocycles. The van der Waals surface area contributed by atoms with Gasteiger partial charge in [0.2, 0.25) is 0 Å². The topological polar surface area (TPSA) is 15.3 Å². The summed E-state index contributed by atoms with van der Waals surface area (Å²) in [6.07, 6.45) is 7.08. The van der Waals surface area contributed by atoms with Gasteiger partial charge in [0, 0.05) is 57.4 Å². The summed E-state index contributed by atoms with van der Waals surface area (Å²) in [5.74, 6) is 0. The van der Waals surface area contributed by atoms with Gasteiger partial charge in [0.15, 0.2) is 0 Å². The van der Waals surface area contributed by atoms with Crippen LogP contribution in [-0.4, -0.2) is 88.5 Å². The Hall–Kier alpha value is 1.56. The van der Waals surface area contributed by atoms with Gasteiger partial charge in [0.25, 0.3) is 0 Å². The smallest absolute Gasteiger partial charge is 0.0119 e. The van der Waals surface area contributed by atoms with E-state index in [0.717, 1.165) is 6.04 Å². The SMILES string of the molecule is C1CCN(C2CCNCC2)CC1.[K]. The second-order valence-corrected chi connectivity index (χ2v) is 4.08. The summed E-state index contributed by atoms with van der Waals surface area (Å²) >= 11 is 0. The molecule has 71 valence electrons. The summed E-state index contributed by atoms with van der Waals surface area (Å²) in [5.41, 5.74) is 0. The molecule has 1 N–H and O–H groups in total. The number of likely N-dealkylation sites (tertiary alicyclic amines) is 1. The van der Waals surface area contributed by atoms with Gasteiger partial charge in [-0.2, -0.15) is 0 Å². The standard InChI is InChI=1S/C10H20N2.K/c1-2-8-12(9-3-1)10-4-6-11-7-5-10;/h10-11H,1-9H2;. The van der Waals surface area contributed by atoms with Gasteiger partial charge in [-0.15, -0.1) is 0 Å². The van der Waals surface area contributed by atoms with Gasteiger partial charge >= 0.3 is 0 Å². The Kier molecular flexibility index (Phi) is 6.73. The summed E-state index contributed by atoms with van der Waals surface area (Å²) in [4.78, 5) is 2.71. The van der Waals surface area contributed by atoms with Crippen molar-refractivity contribution < 1.29 is 0 Å². The van der Waals surface area contributed by atoms with Crippen LogP contribution < -0.4 is 5.32 Å². The van der Waals surface area contributed by atoms with Crippen molar-refractivity contribution in [1.29, 1.82) is 0 Å². The normalized spacial score (nSPS) is 26.8. The third kappa shape index (κ3) is 3.90. The van der Waals surface area contributed by atoms with E-state index in [0.29, 0.717) is 0 Å². The minimum Gasteiger partial charge on any atom is -0.317 e. The predicted molar refractivity (Wildman–Crippen MR) is 57.1 cm³/mol. The van der Waals surface area contributed by atoms with Crippen molar-refractivity contribution in [3.63, 3.8) is 0 Å². The molecule has 2 saturated heterocycles. The van der Waals surface area contributed by atoms with Crippen LogP contribution in [0.3, 0.4) is 0 Å². The van der Waals surface area contributed by atoms with Gasteiger partial charge in [-0.3, -0.25) is 0 Å². The first-order chi connectivity index (χ1) is 5.97. The molecule has 0 aliphatic carbocycles. The maximum atomic E-state index is 3.43. The number of hydrogen-bond donors (Lipinski definition) is 1. The van der Waals surface area contributed by atoms with Crippen LogP contribution in [0.1, 0.15) is 32.1 Å². The Morgan fingerprint density at radius 1 is 0.923 bits per heavy atom.